The summed E-state index contributed by atoms with van der Waals surface area (Å²) in [6, 6.07) is 19.1. The first-order valence-corrected chi connectivity index (χ1v) is 9.59. The molecule has 0 saturated carbocycles. The summed E-state index contributed by atoms with van der Waals surface area (Å²) >= 11 is 5.93. The lowest BCUT2D eigenvalue weighted by Crippen LogP contribution is -2.14. The minimum Gasteiger partial charge on any atom is -0.318 e. The molecule has 1 amide bonds. The van der Waals surface area contributed by atoms with E-state index in [1.165, 1.54) is 0 Å². The monoisotopic (exact) mass is 405 g/mol. The molecule has 2 aromatic carbocycles. The summed E-state index contributed by atoms with van der Waals surface area (Å²) in [6.07, 6.45) is 0. The lowest BCUT2D eigenvalue weighted by atomic mass is 10.1. The van der Waals surface area contributed by atoms with Crippen LogP contribution in [0.1, 0.15) is 27.4 Å². The number of H-pyrrole nitrogens is 1. The summed E-state index contributed by atoms with van der Waals surface area (Å²) in [5, 5.41) is 15.2. The summed E-state index contributed by atoms with van der Waals surface area (Å²) in [7, 11) is 0. The molecule has 0 unspecified atom stereocenters. The highest BCUT2D eigenvalue weighted by atomic mass is 35.5. The van der Waals surface area contributed by atoms with E-state index in [2.05, 4.69) is 32.7 Å². The van der Waals surface area contributed by atoms with E-state index in [0.717, 1.165) is 22.5 Å². The highest BCUT2D eigenvalue weighted by molar-refractivity contribution is 6.30. The fraction of sp³-hybridized carbons (Fsp3) is 0.136. The van der Waals surface area contributed by atoms with Crippen LogP contribution in [0.15, 0.2) is 60.7 Å². The summed E-state index contributed by atoms with van der Waals surface area (Å²) in [5.41, 5.74) is 5.48. The van der Waals surface area contributed by atoms with Crippen molar-refractivity contribution < 1.29 is 4.79 Å². The third kappa shape index (κ3) is 4.07. The highest BCUT2D eigenvalue weighted by Crippen LogP contribution is 2.23. The molecule has 0 bridgehead atoms. The molecule has 2 N–H and O–H groups in total. The molecule has 0 aliphatic carbocycles. The van der Waals surface area contributed by atoms with Gasteiger partial charge in [-0.2, -0.15) is 10.2 Å². The molecule has 0 aliphatic heterocycles. The van der Waals surface area contributed by atoms with E-state index in [4.69, 9.17) is 11.6 Å². The number of hydrogen-bond donors (Lipinski definition) is 2. The third-order valence-corrected chi connectivity index (χ3v) is 5.01. The van der Waals surface area contributed by atoms with E-state index < -0.39 is 0 Å². The van der Waals surface area contributed by atoms with Gasteiger partial charge in [-0.05, 0) is 37.6 Å². The van der Waals surface area contributed by atoms with Crippen LogP contribution < -0.4 is 5.32 Å². The Bertz CT molecular complexity index is 1150. The minimum atomic E-state index is -0.261. The zero-order valence-corrected chi connectivity index (χ0v) is 16.9. The predicted molar refractivity (Wildman–Crippen MR) is 114 cm³/mol. The zero-order valence-electron chi connectivity index (χ0n) is 16.1. The van der Waals surface area contributed by atoms with Crippen molar-refractivity contribution in [2.75, 3.05) is 5.32 Å². The van der Waals surface area contributed by atoms with Gasteiger partial charge in [0.15, 0.2) is 0 Å². The summed E-state index contributed by atoms with van der Waals surface area (Å²) in [5.74, 6) is -0.261. The Morgan fingerprint density at radius 1 is 1.10 bits per heavy atom. The highest BCUT2D eigenvalue weighted by Gasteiger charge is 2.17. The molecule has 4 aromatic rings. The lowest BCUT2D eigenvalue weighted by molar-refractivity contribution is 0.102. The Morgan fingerprint density at radius 2 is 1.83 bits per heavy atom. The van der Waals surface area contributed by atoms with Crippen molar-refractivity contribution in [2.45, 2.75) is 20.4 Å². The average molecular weight is 406 g/mol. The number of nitrogens with zero attached hydrogens (tertiary/aromatic N) is 3. The molecule has 29 heavy (non-hydrogen) atoms. The summed E-state index contributed by atoms with van der Waals surface area (Å²) < 4.78 is 1.90. The Hall–Kier alpha value is -3.38. The van der Waals surface area contributed by atoms with Gasteiger partial charge in [0.25, 0.3) is 5.91 Å². The van der Waals surface area contributed by atoms with Crippen molar-refractivity contribution in [1.29, 1.82) is 0 Å². The van der Waals surface area contributed by atoms with E-state index in [1.54, 1.807) is 18.2 Å². The van der Waals surface area contributed by atoms with Crippen molar-refractivity contribution in [3.05, 3.63) is 88.3 Å². The van der Waals surface area contributed by atoms with Gasteiger partial charge in [-0.3, -0.25) is 14.6 Å². The number of nitrogens with one attached hydrogen (secondary N) is 2. The number of carbonyl (C=O) groups is 1. The van der Waals surface area contributed by atoms with E-state index in [-0.39, 0.29) is 5.91 Å². The van der Waals surface area contributed by atoms with Crippen LogP contribution in [0.25, 0.3) is 11.3 Å². The van der Waals surface area contributed by atoms with Gasteiger partial charge in [0, 0.05) is 10.6 Å². The van der Waals surface area contributed by atoms with Gasteiger partial charge in [-0.15, -0.1) is 0 Å². The fourth-order valence-corrected chi connectivity index (χ4v) is 3.30. The van der Waals surface area contributed by atoms with Crippen LogP contribution in [-0.2, 0) is 6.54 Å². The number of carbonyl (C=O) groups excluding carboxylic acids is 1. The van der Waals surface area contributed by atoms with Crippen molar-refractivity contribution >= 4 is 23.2 Å². The molecule has 4 rings (SSSR count). The number of anilines is 1. The number of aromatic nitrogens is 4. The van der Waals surface area contributed by atoms with Crippen LogP contribution in [0.2, 0.25) is 5.02 Å². The molecule has 7 heteroatoms. The maximum atomic E-state index is 12.7. The minimum absolute atomic E-state index is 0.261. The second-order valence-electron chi connectivity index (χ2n) is 6.82. The molecule has 2 aromatic heterocycles. The first-order valence-electron chi connectivity index (χ1n) is 9.22. The average Bonchev–Trinajstić information content (AvgIpc) is 3.31. The van der Waals surface area contributed by atoms with Crippen LogP contribution >= 0.6 is 11.6 Å². The molecule has 6 nitrogen and oxygen atoms in total. The molecular weight excluding hydrogens is 386 g/mol. The van der Waals surface area contributed by atoms with E-state index in [1.807, 2.05) is 48.9 Å². The van der Waals surface area contributed by atoms with Gasteiger partial charge in [-0.1, -0.05) is 54.1 Å². The third-order valence-electron chi connectivity index (χ3n) is 4.76. The van der Waals surface area contributed by atoms with Crippen LogP contribution in [0, 0.1) is 13.8 Å². The molecule has 0 aliphatic rings. The predicted octanol–water partition coefficient (Wildman–Crippen LogP) is 4.84. The number of benzene rings is 2. The molecule has 0 saturated heterocycles. The quantitative estimate of drug-likeness (QED) is 0.498. The lowest BCUT2D eigenvalue weighted by Gasteiger charge is -2.06. The Balaban J connectivity index is 1.52. The number of aryl methyl sites for hydroxylation is 1. The largest absolute Gasteiger partial charge is 0.318 e. The van der Waals surface area contributed by atoms with Crippen molar-refractivity contribution in [2.24, 2.45) is 0 Å². The van der Waals surface area contributed by atoms with Crippen molar-refractivity contribution in [3.63, 3.8) is 0 Å². The fourth-order valence-electron chi connectivity index (χ4n) is 3.18. The molecule has 0 fully saturated rings. The van der Waals surface area contributed by atoms with Gasteiger partial charge < -0.3 is 5.32 Å². The maximum absolute atomic E-state index is 12.7. The molecular formula is C22H20ClN5O. The van der Waals surface area contributed by atoms with Crippen LogP contribution in [0.3, 0.4) is 0 Å². The number of hydrogen-bond acceptors (Lipinski definition) is 3. The van der Waals surface area contributed by atoms with Crippen molar-refractivity contribution in [1.82, 2.24) is 20.0 Å². The molecule has 146 valence electrons. The number of rotatable bonds is 5. The molecule has 0 spiro atoms. The Labute approximate surface area is 173 Å². The molecule has 0 radical (unpaired) electrons. The molecule has 0 atom stereocenters. The standard InChI is InChI=1S/C22H20ClN5O/c1-14-21(15(2)28(27-14)13-16-6-4-3-5-7-16)24-22(29)20-12-19(25-26-20)17-8-10-18(23)11-9-17/h3-12H,13H2,1-2H3,(H,24,29)(H,25,26). The van der Waals surface area contributed by atoms with Crippen LogP contribution in [0.5, 0.6) is 0 Å². The summed E-state index contributed by atoms with van der Waals surface area (Å²) in [4.78, 5) is 12.7. The van der Waals surface area contributed by atoms with Crippen molar-refractivity contribution in [3.8, 4) is 11.3 Å². The smallest absolute Gasteiger partial charge is 0.273 e. The topological polar surface area (TPSA) is 75.6 Å². The van der Waals surface area contributed by atoms with Gasteiger partial charge in [0.2, 0.25) is 0 Å². The van der Waals surface area contributed by atoms with E-state index >= 15 is 0 Å². The molecule has 2 heterocycles. The number of amides is 1. The van der Waals surface area contributed by atoms with E-state index in [9.17, 15) is 4.79 Å². The van der Waals surface area contributed by atoms with Gasteiger partial charge in [0.1, 0.15) is 5.69 Å². The van der Waals surface area contributed by atoms with Gasteiger partial charge >= 0.3 is 0 Å². The van der Waals surface area contributed by atoms with E-state index in [0.29, 0.717) is 28.6 Å². The SMILES string of the molecule is Cc1nn(Cc2ccccc2)c(C)c1NC(=O)c1cc(-c2ccc(Cl)cc2)n[nH]1. The second-order valence-corrected chi connectivity index (χ2v) is 7.25. The number of halogens is 1. The van der Waals surface area contributed by atoms with Gasteiger partial charge in [0.05, 0.1) is 29.3 Å². The van der Waals surface area contributed by atoms with Crippen LogP contribution in [-0.4, -0.2) is 25.9 Å². The second kappa shape index (κ2) is 7.93. The normalized spacial score (nSPS) is 10.9. The van der Waals surface area contributed by atoms with Crippen LogP contribution in [0.4, 0.5) is 5.69 Å². The summed E-state index contributed by atoms with van der Waals surface area (Å²) in [6.45, 7) is 4.48. The van der Waals surface area contributed by atoms with Gasteiger partial charge in [-0.25, -0.2) is 0 Å². The number of aromatic amines is 1. The maximum Gasteiger partial charge on any atom is 0.273 e. The Morgan fingerprint density at radius 3 is 2.55 bits per heavy atom. The first kappa shape index (κ1) is 19.0. The first-order chi connectivity index (χ1) is 14.0. The Kier molecular flexibility index (Phi) is 5.18. The zero-order chi connectivity index (χ0) is 20.4.